The van der Waals surface area contributed by atoms with Gasteiger partial charge in [0.2, 0.25) is 0 Å². The monoisotopic (exact) mass is 236 g/mol. The van der Waals surface area contributed by atoms with E-state index in [4.69, 9.17) is 5.73 Å². The zero-order chi connectivity index (χ0) is 12.5. The molecule has 1 fully saturated rings. The molecule has 0 radical (unpaired) electrons. The zero-order valence-electron chi connectivity index (χ0n) is 11.2. The number of aryl methyl sites for hydroxylation is 1. The van der Waals surface area contributed by atoms with Crippen molar-refractivity contribution in [1.82, 2.24) is 14.7 Å². The van der Waals surface area contributed by atoms with E-state index in [2.05, 4.69) is 30.0 Å². The van der Waals surface area contributed by atoms with E-state index < -0.39 is 0 Å². The van der Waals surface area contributed by atoms with Crippen LogP contribution in [0.4, 0.5) is 0 Å². The third-order valence-electron chi connectivity index (χ3n) is 3.87. The predicted octanol–water partition coefficient (Wildman–Crippen LogP) is 1.02. The fourth-order valence-electron chi connectivity index (χ4n) is 2.56. The number of nitrogens with zero attached hydrogens (tertiary/aromatic N) is 3. The zero-order valence-corrected chi connectivity index (χ0v) is 11.2. The van der Waals surface area contributed by atoms with Crippen LogP contribution in [0, 0.1) is 5.41 Å². The minimum atomic E-state index is 0.243. The van der Waals surface area contributed by atoms with Gasteiger partial charge >= 0.3 is 0 Å². The number of hydrogen-bond acceptors (Lipinski definition) is 3. The summed E-state index contributed by atoms with van der Waals surface area (Å²) in [5.74, 6) is 0. The maximum atomic E-state index is 6.15. The van der Waals surface area contributed by atoms with Crippen molar-refractivity contribution in [2.45, 2.75) is 32.7 Å². The lowest BCUT2D eigenvalue weighted by molar-refractivity contribution is 0.0965. The first-order chi connectivity index (χ1) is 7.97. The van der Waals surface area contributed by atoms with Crippen molar-refractivity contribution < 1.29 is 0 Å². The molecule has 0 bridgehead atoms. The molecule has 2 N–H and O–H groups in total. The van der Waals surface area contributed by atoms with Gasteiger partial charge in [-0.1, -0.05) is 13.8 Å². The highest BCUT2D eigenvalue weighted by Crippen LogP contribution is 2.27. The summed E-state index contributed by atoms with van der Waals surface area (Å²) in [6, 6.07) is 0.345. The van der Waals surface area contributed by atoms with Crippen LogP contribution < -0.4 is 5.73 Å². The highest BCUT2D eigenvalue weighted by Gasteiger charge is 2.32. The Labute approximate surface area is 104 Å². The van der Waals surface area contributed by atoms with E-state index in [-0.39, 0.29) is 5.41 Å². The Morgan fingerprint density at radius 1 is 1.53 bits per heavy atom. The summed E-state index contributed by atoms with van der Waals surface area (Å²) in [5.41, 5.74) is 7.71. The second-order valence-corrected chi connectivity index (χ2v) is 5.93. The number of piperidine rings is 1. The van der Waals surface area contributed by atoms with Gasteiger partial charge in [-0.05, 0) is 30.4 Å². The summed E-state index contributed by atoms with van der Waals surface area (Å²) in [7, 11) is 1.96. The Hall–Kier alpha value is -0.870. The number of aromatic nitrogens is 2. The van der Waals surface area contributed by atoms with Gasteiger partial charge in [-0.3, -0.25) is 4.68 Å². The molecule has 1 aromatic heterocycles. The summed E-state index contributed by atoms with van der Waals surface area (Å²) in [5, 5.41) is 4.20. The van der Waals surface area contributed by atoms with E-state index in [1.54, 1.807) is 0 Å². The van der Waals surface area contributed by atoms with Crippen molar-refractivity contribution >= 4 is 0 Å². The third kappa shape index (κ3) is 3.07. The van der Waals surface area contributed by atoms with Crippen molar-refractivity contribution in [3.05, 3.63) is 18.0 Å². The average molecular weight is 236 g/mol. The van der Waals surface area contributed by atoms with Crippen molar-refractivity contribution in [3.63, 3.8) is 0 Å². The molecule has 17 heavy (non-hydrogen) atoms. The second-order valence-electron chi connectivity index (χ2n) is 5.93. The number of rotatable bonds is 3. The normalized spacial score (nSPS) is 25.1. The molecule has 0 saturated carbocycles. The molecule has 96 valence electrons. The van der Waals surface area contributed by atoms with Crippen molar-refractivity contribution in [2.75, 3.05) is 19.6 Å². The lowest BCUT2D eigenvalue weighted by Gasteiger charge is -2.42. The largest absolute Gasteiger partial charge is 0.327 e. The van der Waals surface area contributed by atoms with Crippen molar-refractivity contribution in [2.24, 2.45) is 18.2 Å². The molecule has 2 rings (SSSR count). The summed E-state index contributed by atoms with van der Waals surface area (Å²) < 4.78 is 1.87. The molecule has 0 aliphatic carbocycles. The summed E-state index contributed by atoms with van der Waals surface area (Å²) in [6.07, 6.45) is 6.25. The number of nitrogens with two attached hydrogens (primary N) is 1. The standard InChI is InChI=1S/C13H24N4/c1-13(2)10-17(7-5-12(13)14)6-4-11-8-15-16(3)9-11/h8-9,12H,4-7,10,14H2,1-3H3. The molecule has 0 spiro atoms. The molecule has 4 nitrogen and oxygen atoms in total. The highest BCUT2D eigenvalue weighted by molar-refractivity contribution is 5.04. The predicted molar refractivity (Wildman–Crippen MR) is 69.7 cm³/mol. The quantitative estimate of drug-likeness (QED) is 0.852. The molecule has 0 amide bonds. The van der Waals surface area contributed by atoms with Gasteiger partial charge in [0, 0.05) is 32.4 Å². The average Bonchev–Trinajstić information content (AvgIpc) is 2.66. The molecule has 1 aliphatic rings. The molecule has 1 atom stereocenters. The molecule has 1 aliphatic heterocycles. The molecule has 1 unspecified atom stereocenters. The van der Waals surface area contributed by atoms with E-state index >= 15 is 0 Å². The Morgan fingerprint density at radius 2 is 2.29 bits per heavy atom. The fourth-order valence-corrected chi connectivity index (χ4v) is 2.56. The number of likely N-dealkylation sites (tertiary alicyclic amines) is 1. The van der Waals surface area contributed by atoms with Crippen molar-refractivity contribution in [3.8, 4) is 0 Å². The topological polar surface area (TPSA) is 47.1 Å². The minimum absolute atomic E-state index is 0.243. The van der Waals surface area contributed by atoms with Gasteiger partial charge in [-0.2, -0.15) is 5.10 Å². The van der Waals surface area contributed by atoms with Crippen LogP contribution in [0.3, 0.4) is 0 Å². The Bertz CT molecular complexity index is 369. The smallest absolute Gasteiger partial charge is 0.0522 e. The van der Waals surface area contributed by atoms with Gasteiger partial charge < -0.3 is 10.6 Å². The van der Waals surface area contributed by atoms with Gasteiger partial charge in [0.25, 0.3) is 0 Å². The Kier molecular flexibility index (Phi) is 3.54. The lowest BCUT2D eigenvalue weighted by Crippen LogP contribution is -2.52. The maximum absolute atomic E-state index is 6.15. The Balaban J connectivity index is 1.84. The van der Waals surface area contributed by atoms with Crippen LogP contribution in [-0.2, 0) is 13.5 Å². The van der Waals surface area contributed by atoms with E-state index in [0.717, 1.165) is 32.5 Å². The SMILES string of the molecule is Cn1cc(CCN2CCC(N)C(C)(C)C2)cn1. The van der Waals surface area contributed by atoms with Crippen LogP contribution in [0.1, 0.15) is 25.8 Å². The van der Waals surface area contributed by atoms with E-state index in [1.807, 2.05) is 17.9 Å². The minimum Gasteiger partial charge on any atom is -0.327 e. The molecular weight excluding hydrogens is 212 g/mol. The number of hydrogen-bond donors (Lipinski definition) is 1. The fraction of sp³-hybridized carbons (Fsp3) is 0.769. The third-order valence-corrected chi connectivity index (χ3v) is 3.87. The first kappa shape index (κ1) is 12.6. The molecule has 2 heterocycles. The first-order valence-corrected chi connectivity index (χ1v) is 6.43. The van der Waals surface area contributed by atoms with Crippen LogP contribution >= 0.6 is 0 Å². The van der Waals surface area contributed by atoms with Crippen LogP contribution in [-0.4, -0.2) is 40.4 Å². The van der Waals surface area contributed by atoms with E-state index in [9.17, 15) is 0 Å². The molecule has 0 aromatic carbocycles. The molecule has 1 saturated heterocycles. The highest BCUT2D eigenvalue weighted by atomic mass is 15.2. The van der Waals surface area contributed by atoms with Gasteiger partial charge in [0.15, 0.2) is 0 Å². The summed E-state index contributed by atoms with van der Waals surface area (Å²) in [6.45, 7) is 7.89. The second kappa shape index (κ2) is 4.78. The van der Waals surface area contributed by atoms with Crippen LogP contribution in [0.5, 0.6) is 0 Å². The van der Waals surface area contributed by atoms with Gasteiger partial charge in [0.1, 0.15) is 0 Å². The van der Waals surface area contributed by atoms with E-state index in [1.165, 1.54) is 5.56 Å². The van der Waals surface area contributed by atoms with Crippen LogP contribution in [0.2, 0.25) is 0 Å². The van der Waals surface area contributed by atoms with Crippen molar-refractivity contribution in [1.29, 1.82) is 0 Å². The van der Waals surface area contributed by atoms with Crippen LogP contribution in [0.15, 0.2) is 12.4 Å². The van der Waals surface area contributed by atoms with Gasteiger partial charge in [-0.25, -0.2) is 0 Å². The lowest BCUT2D eigenvalue weighted by atomic mass is 9.79. The van der Waals surface area contributed by atoms with E-state index in [0.29, 0.717) is 6.04 Å². The summed E-state index contributed by atoms with van der Waals surface area (Å²) >= 11 is 0. The van der Waals surface area contributed by atoms with Crippen LogP contribution in [0.25, 0.3) is 0 Å². The molecular formula is C13H24N4. The first-order valence-electron chi connectivity index (χ1n) is 6.43. The maximum Gasteiger partial charge on any atom is 0.0522 e. The van der Waals surface area contributed by atoms with Gasteiger partial charge in [0.05, 0.1) is 6.20 Å². The summed E-state index contributed by atoms with van der Waals surface area (Å²) in [4.78, 5) is 2.52. The Morgan fingerprint density at radius 3 is 2.88 bits per heavy atom. The molecule has 1 aromatic rings. The molecule has 4 heteroatoms. The van der Waals surface area contributed by atoms with Gasteiger partial charge in [-0.15, -0.1) is 0 Å².